The molecule has 0 atom stereocenters. The van der Waals surface area contributed by atoms with Crippen molar-refractivity contribution in [3.63, 3.8) is 0 Å². The molecule has 0 unspecified atom stereocenters. The fourth-order valence-electron chi connectivity index (χ4n) is 2.61. The Labute approximate surface area is 141 Å². The lowest BCUT2D eigenvalue weighted by atomic mass is 9.83. The van der Waals surface area contributed by atoms with Gasteiger partial charge in [-0.25, -0.2) is 0 Å². The maximum absolute atomic E-state index is 5.90. The molecule has 0 aliphatic heterocycles. The van der Waals surface area contributed by atoms with Crippen LogP contribution < -0.4 is 11.1 Å². The smallest absolute Gasteiger partial charge is 0.188 e. The van der Waals surface area contributed by atoms with Crippen LogP contribution >= 0.6 is 24.0 Å². The topological polar surface area (TPSA) is 59.6 Å². The predicted octanol–water partition coefficient (Wildman–Crippen LogP) is 3.30. The first kappa shape index (κ1) is 20.0. The van der Waals surface area contributed by atoms with Crippen LogP contribution in [0, 0.1) is 5.41 Å². The minimum absolute atomic E-state index is 0. The zero-order chi connectivity index (χ0) is 14.0. The Morgan fingerprint density at radius 2 is 1.90 bits per heavy atom. The Bertz CT molecular complexity index is 264. The van der Waals surface area contributed by atoms with Gasteiger partial charge in [-0.1, -0.05) is 32.6 Å². The van der Waals surface area contributed by atoms with E-state index < -0.39 is 0 Å². The Balaban J connectivity index is 0.00000361. The van der Waals surface area contributed by atoms with Gasteiger partial charge in [0.2, 0.25) is 0 Å². The van der Waals surface area contributed by atoms with Gasteiger partial charge in [0.25, 0.3) is 0 Å². The van der Waals surface area contributed by atoms with E-state index in [-0.39, 0.29) is 24.0 Å². The van der Waals surface area contributed by atoms with Gasteiger partial charge in [-0.05, 0) is 31.6 Å². The summed E-state index contributed by atoms with van der Waals surface area (Å²) in [6, 6.07) is 0. The highest BCUT2D eigenvalue weighted by atomic mass is 127. The van der Waals surface area contributed by atoms with Crippen molar-refractivity contribution in [2.45, 2.75) is 58.8 Å². The first-order chi connectivity index (χ1) is 9.16. The molecule has 0 aromatic carbocycles. The summed E-state index contributed by atoms with van der Waals surface area (Å²) in [7, 11) is 0. The summed E-state index contributed by atoms with van der Waals surface area (Å²) in [5, 5.41) is 3.16. The van der Waals surface area contributed by atoms with Gasteiger partial charge in [0, 0.05) is 26.3 Å². The lowest BCUT2D eigenvalue weighted by Crippen LogP contribution is -2.34. The molecule has 20 heavy (non-hydrogen) atoms. The average Bonchev–Trinajstić information content (AvgIpc) is 2.62. The monoisotopic (exact) mass is 397 g/mol. The molecule has 1 aliphatic rings. The zero-order valence-electron chi connectivity index (χ0n) is 13.1. The van der Waals surface area contributed by atoms with Gasteiger partial charge >= 0.3 is 0 Å². The number of nitrogens with one attached hydrogen (secondary N) is 1. The number of nitrogens with two attached hydrogens (primary N) is 1. The number of hydrogen-bond acceptors (Lipinski definition) is 2. The molecule has 4 nitrogen and oxygen atoms in total. The molecule has 1 rings (SSSR count). The first-order valence-electron chi connectivity index (χ1n) is 7.78. The van der Waals surface area contributed by atoms with Crippen molar-refractivity contribution in [3.05, 3.63) is 0 Å². The Kier molecular flexibility index (Phi) is 11.6. The number of guanidine groups is 1. The van der Waals surface area contributed by atoms with E-state index in [1.165, 1.54) is 38.5 Å². The molecule has 0 aromatic rings. The van der Waals surface area contributed by atoms with Crippen LogP contribution in [0.4, 0.5) is 0 Å². The van der Waals surface area contributed by atoms with Gasteiger partial charge < -0.3 is 15.8 Å². The predicted molar refractivity (Wildman–Crippen MR) is 96.8 cm³/mol. The summed E-state index contributed by atoms with van der Waals surface area (Å²) in [6.07, 6.45) is 8.99. The molecular formula is C15H32IN3O. The minimum Gasteiger partial charge on any atom is -0.382 e. The number of ether oxygens (including phenoxy) is 1. The second-order valence-corrected chi connectivity index (χ2v) is 5.90. The SMILES string of the molecule is CCOCCCNC(N)=NCC1(C)CCCCCC1.I. The highest BCUT2D eigenvalue weighted by Crippen LogP contribution is 2.34. The van der Waals surface area contributed by atoms with E-state index in [0.29, 0.717) is 11.4 Å². The molecule has 0 aromatic heterocycles. The van der Waals surface area contributed by atoms with Gasteiger partial charge in [-0.3, -0.25) is 4.99 Å². The number of halogens is 1. The van der Waals surface area contributed by atoms with E-state index >= 15 is 0 Å². The van der Waals surface area contributed by atoms with Gasteiger partial charge in [-0.15, -0.1) is 24.0 Å². The van der Waals surface area contributed by atoms with Crippen LogP contribution in [-0.2, 0) is 4.74 Å². The largest absolute Gasteiger partial charge is 0.382 e. The first-order valence-corrected chi connectivity index (χ1v) is 7.78. The molecule has 0 heterocycles. The van der Waals surface area contributed by atoms with E-state index in [4.69, 9.17) is 10.5 Å². The molecule has 5 heteroatoms. The molecule has 1 aliphatic carbocycles. The van der Waals surface area contributed by atoms with Crippen LogP contribution in [0.3, 0.4) is 0 Å². The van der Waals surface area contributed by atoms with Gasteiger partial charge in [0.05, 0.1) is 0 Å². The normalized spacial score (nSPS) is 19.0. The summed E-state index contributed by atoms with van der Waals surface area (Å²) in [5.74, 6) is 0.585. The van der Waals surface area contributed by atoms with Crippen LogP contribution in [0.25, 0.3) is 0 Å². The molecule has 1 saturated carbocycles. The van der Waals surface area contributed by atoms with E-state index in [1.54, 1.807) is 0 Å². The third kappa shape index (κ3) is 9.00. The molecular weight excluding hydrogens is 365 g/mol. The molecule has 1 fully saturated rings. The standard InChI is InChI=1S/C15H31N3O.HI/c1-3-19-12-8-11-17-14(16)18-13-15(2)9-6-4-5-7-10-15;/h3-13H2,1-2H3,(H3,16,17,18);1H. The lowest BCUT2D eigenvalue weighted by Gasteiger charge is -2.26. The van der Waals surface area contributed by atoms with Gasteiger partial charge in [-0.2, -0.15) is 0 Å². The lowest BCUT2D eigenvalue weighted by molar-refractivity contribution is 0.145. The van der Waals surface area contributed by atoms with Crippen molar-refractivity contribution in [1.82, 2.24) is 5.32 Å². The van der Waals surface area contributed by atoms with E-state index in [1.807, 2.05) is 6.92 Å². The summed E-state index contributed by atoms with van der Waals surface area (Å²) in [5.41, 5.74) is 6.26. The Morgan fingerprint density at radius 1 is 1.25 bits per heavy atom. The van der Waals surface area contributed by atoms with Crippen LogP contribution in [0.1, 0.15) is 58.8 Å². The van der Waals surface area contributed by atoms with Crippen molar-refractivity contribution in [1.29, 1.82) is 0 Å². The quantitative estimate of drug-likeness (QED) is 0.228. The number of aliphatic imine (C=N–C) groups is 1. The van der Waals surface area contributed by atoms with Gasteiger partial charge in [0.1, 0.15) is 0 Å². The van der Waals surface area contributed by atoms with E-state index in [0.717, 1.165) is 32.7 Å². The van der Waals surface area contributed by atoms with Crippen molar-refractivity contribution < 1.29 is 4.74 Å². The van der Waals surface area contributed by atoms with Crippen molar-refractivity contribution in [3.8, 4) is 0 Å². The maximum atomic E-state index is 5.90. The molecule has 0 radical (unpaired) electrons. The highest BCUT2D eigenvalue weighted by Gasteiger charge is 2.25. The fourth-order valence-corrected chi connectivity index (χ4v) is 2.61. The third-order valence-electron chi connectivity index (χ3n) is 3.92. The average molecular weight is 397 g/mol. The van der Waals surface area contributed by atoms with Crippen molar-refractivity contribution in [2.75, 3.05) is 26.3 Å². The van der Waals surface area contributed by atoms with E-state index in [9.17, 15) is 0 Å². The number of rotatable bonds is 7. The third-order valence-corrected chi connectivity index (χ3v) is 3.92. The number of hydrogen-bond donors (Lipinski definition) is 2. The van der Waals surface area contributed by atoms with Crippen molar-refractivity contribution >= 4 is 29.9 Å². The zero-order valence-corrected chi connectivity index (χ0v) is 15.4. The molecule has 120 valence electrons. The highest BCUT2D eigenvalue weighted by molar-refractivity contribution is 14.0. The van der Waals surface area contributed by atoms with Crippen LogP contribution in [0.5, 0.6) is 0 Å². The van der Waals surface area contributed by atoms with Crippen LogP contribution in [0.2, 0.25) is 0 Å². The minimum atomic E-state index is 0. The summed E-state index contributed by atoms with van der Waals surface area (Å²) in [6.45, 7) is 7.63. The molecule has 0 saturated heterocycles. The maximum Gasteiger partial charge on any atom is 0.188 e. The molecule has 0 spiro atoms. The van der Waals surface area contributed by atoms with Gasteiger partial charge in [0.15, 0.2) is 5.96 Å². The van der Waals surface area contributed by atoms with Crippen LogP contribution in [0.15, 0.2) is 4.99 Å². The van der Waals surface area contributed by atoms with Crippen molar-refractivity contribution in [2.24, 2.45) is 16.1 Å². The fraction of sp³-hybridized carbons (Fsp3) is 0.933. The summed E-state index contributed by atoms with van der Waals surface area (Å²) >= 11 is 0. The second kappa shape index (κ2) is 11.6. The summed E-state index contributed by atoms with van der Waals surface area (Å²) < 4.78 is 5.28. The van der Waals surface area contributed by atoms with Crippen LogP contribution in [-0.4, -0.2) is 32.3 Å². The molecule has 3 N–H and O–H groups in total. The molecule has 0 bridgehead atoms. The summed E-state index contributed by atoms with van der Waals surface area (Å²) in [4.78, 5) is 4.52. The second-order valence-electron chi connectivity index (χ2n) is 5.90. The number of nitrogens with zero attached hydrogens (tertiary/aromatic N) is 1. The Hall–Kier alpha value is -0.0400. The van der Waals surface area contributed by atoms with E-state index in [2.05, 4.69) is 17.2 Å². The Morgan fingerprint density at radius 3 is 2.50 bits per heavy atom. The molecule has 0 amide bonds.